The Kier molecular flexibility index (Phi) is 2.95. The zero-order valence-corrected chi connectivity index (χ0v) is 10.9. The van der Waals surface area contributed by atoms with Crippen molar-refractivity contribution in [1.82, 2.24) is 14.8 Å². The van der Waals surface area contributed by atoms with E-state index in [4.69, 9.17) is 23.8 Å². The lowest BCUT2D eigenvalue weighted by Crippen LogP contribution is -1.98. The molecule has 0 aliphatic carbocycles. The predicted octanol–water partition coefficient (Wildman–Crippen LogP) is 3.65. The van der Waals surface area contributed by atoms with Gasteiger partial charge < -0.3 is 0 Å². The Morgan fingerprint density at radius 3 is 2.87 bits per heavy atom. The van der Waals surface area contributed by atoms with Crippen LogP contribution in [0.4, 0.5) is 0 Å². The van der Waals surface area contributed by atoms with Gasteiger partial charge in [-0.2, -0.15) is 5.10 Å². The molecule has 0 aliphatic heterocycles. The summed E-state index contributed by atoms with van der Waals surface area (Å²) in [4.78, 5) is 0. The molecule has 78 valence electrons. The van der Waals surface area contributed by atoms with Crippen molar-refractivity contribution in [3.63, 3.8) is 0 Å². The zero-order chi connectivity index (χ0) is 11.0. The minimum Gasteiger partial charge on any atom is -0.271 e. The van der Waals surface area contributed by atoms with Crippen molar-refractivity contribution < 1.29 is 0 Å². The molecule has 1 N–H and O–H groups in total. The number of aryl methyl sites for hydroxylation is 1. The van der Waals surface area contributed by atoms with Crippen LogP contribution in [0.25, 0.3) is 5.69 Å². The number of hydrogen-bond donors (Lipinski definition) is 1. The van der Waals surface area contributed by atoms with Crippen LogP contribution in [-0.2, 0) is 0 Å². The second-order valence-corrected chi connectivity index (χ2v) is 4.57. The van der Waals surface area contributed by atoms with E-state index in [1.807, 2.05) is 29.7 Å². The molecule has 0 unspecified atom stereocenters. The van der Waals surface area contributed by atoms with Crippen molar-refractivity contribution in [3.8, 4) is 5.69 Å². The molecule has 0 amide bonds. The summed E-state index contributed by atoms with van der Waals surface area (Å²) in [5.74, 6) is 0.794. The lowest BCUT2D eigenvalue weighted by Gasteiger charge is -2.07. The van der Waals surface area contributed by atoms with Gasteiger partial charge >= 0.3 is 0 Å². The van der Waals surface area contributed by atoms with E-state index in [-0.39, 0.29) is 0 Å². The number of nitrogens with one attached hydrogen (secondary N) is 1. The standard InChI is InChI=1S/C9H7BrClN3S/c1-5-12-13-9(15)14(5)7-4-2-3-6(11)8(7)10/h2-4H,1H3,(H,13,15). The summed E-state index contributed by atoms with van der Waals surface area (Å²) in [6.45, 7) is 1.87. The Morgan fingerprint density at radius 2 is 2.27 bits per heavy atom. The van der Waals surface area contributed by atoms with E-state index in [0.29, 0.717) is 9.79 Å². The summed E-state index contributed by atoms with van der Waals surface area (Å²) in [6.07, 6.45) is 0. The largest absolute Gasteiger partial charge is 0.271 e. The van der Waals surface area contributed by atoms with Crippen molar-refractivity contribution >= 4 is 39.7 Å². The van der Waals surface area contributed by atoms with Crippen LogP contribution in [0.15, 0.2) is 22.7 Å². The number of aromatic nitrogens is 3. The van der Waals surface area contributed by atoms with Crippen LogP contribution in [0, 0.1) is 11.7 Å². The lowest BCUT2D eigenvalue weighted by atomic mass is 10.3. The average molecular weight is 305 g/mol. The van der Waals surface area contributed by atoms with Crippen LogP contribution in [0.2, 0.25) is 5.02 Å². The normalized spacial score (nSPS) is 10.6. The fourth-order valence-electron chi connectivity index (χ4n) is 1.32. The van der Waals surface area contributed by atoms with Gasteiger partial charge in [-0.15, -0.1) is 0 Å². The predicted molar refractivity (Wildman–Crippen MR) is 66.2 cm³/mol. The van der Waals surface area contributed by atoms with Crippen LogP contribution < -0.4 is 0 Å². The van der Waals surface area contributed by atoms with Crippen molar-refractivity contribution in [2.75, 3.05) is 0 Å². The molecule has 1 aromatic heterocycles. The Hall–Kier alpha value is -0.650. The molecular weight excluding hydrogens is 298 g/mol. The Morgan fingerprint density at radius 1 is 1.53 bits per heavy atom. The number of H-pyrrole nitrogens is 1. The van der Waals surface area contributed by atoms with E-state index in [1.165, 1.54) is 0 Å². The van der Waals surface area contributed by atoms with Crippen LogP contribution in [-0.4, -0.2) is 14.8 Å². The molecule has 0 aliphatic rings. The highest BCUT2D eigenvalue weighted by molar-refractivity contribution is 9.10. The van der Waals surface area contributed by atoms with Crippen LogP contribution in [0.1, 0.15) is 5.82 Å². The van der Waals surface area contributed by atoms with Gasteiger partial charge in [-0.05, 0) is 47.2 Å². The van der Waals surface area contributed by atoms with Crippen molar-refractivity contribution in [2.45, 2.75) is 6.92 Å². The van der Waals surface area contributed by atoms with E-state index in [1.54, 1.807) is 0 Å². The summed E-state index contributed by atoms with van der Waals surface area (Å²) in [5, 5.41) is 7.43. The highest BCUT2D eigenvalue weighted by Crippen LogP contribution is 2.29. The number of aromatic amines is 1. The summed E-state index contributed by atoms with van der Waals surface area (Å²) in [6, 6.07) is 5.61. The molecule has 3 nitrogen and oxygen atoms in total. The quantitative estimate of drug-likeness (QED) is 0.816. The molecule has 6 heteroatoms. The summed E-state index contributed by atoms with van der Waals surface area (Å²) in [5.41, 5.74) is 0.888. The van der Waals surface area contributed by atoms with E-state index in [9.17, 15) is 0 Å². The second kappa shape index (κ2) is 4.08. The molecule has 0 saturated carbocycles. The number of halogens is 2. The van der Waals surface area contributed by atoms with Gasteiger partial charge in [-0.3, -0.25) is 9.67 Å². The van der Waals surface area contributed by atoms with Crippen molar-refractivity contribution in [2.24, 2.45) is 0 Å². The minimum absolute atomic E-state index is 0.551. The molecule has 2 rings (SSSR count). The van der Waals surface area contributed by atoms with Crippen LogP contribution in [0.5, 0.6) is 0 Å². The third kappa shape index (κ3) is 1.87. The summed E-state index contributed by atoms with van der Waals surface area (Å²) in [7, 11) is 0. The molecule has 0 atom stereocenters. The fraction of sp³-hybridized carbons (Fsp3) is 0.111. The minimum atomic E-state index is 0.551. The molecule has 0 spiro atoms. The summed E-state index contributed by atoms with van der Waals surface area (Å²) < 4.78 is 3.19. The second-order valence-electron chi connectivity index (χ2n) is 2.98. The first kappa shape index (κ1) is 10.9. The molecule has 0 bridgehead atoms. The maximum atomic E-state index is 6.01. The van der Waals surface area contributed by atoms with E-state index in [0.717, 1.165) is 16.0 Å². The van der Waals surface area contributed by atoms with Crippen LogP contribution in [0.3, 0.4) is 0 Å². The SMILES string of the molecule is Cc1n[nH]c(=S)n1-c1cccc(Cl)c1Br. The van der Waals surface area contributed by atoms with E-state index < -0.39 is 0 Å². The molecule has 15 heavy (non-hydrogen) atoms. The van der Waals surface area contributed by atoms with Gasteiger partial charge in [-0.25, -0.2) is 0 Å². The third-order valence-corrected chi connectivity index (χ3v) is 3.66. The number of rotatable bonds is 1. The highest BCUT2D eigenvalue weighted by Gasteiger charge is 2.09. The van der Waals surface area contributed by atoms with Crippen molar-refractivity contribution in [1.29, 1.82) is 0 Å². The molecule has 1 aromatic carbocycles. The van der Waals surface area contributed by atoms with Gasteiger partial charge in [0, 0.05) is 0 Å². The fourth-order valence-corrected chi connectivity index (χ4v) is 2.21. The maximum absolute atomic E-state index is 6.01. The smallest absolute Gasteiger partial charge is 0.199 e. The third-order valence-electron chi connectivity index (χ3n) is 2.01. The Labute approximate surface area is 105 Å². The first-order valence-corrected chi connectivity index (χ1v) is 5.77. The van der Waals surface area contributed by atoms with Gasteiger partial charge in [0.05, 0.1) is 15.2 Å². The number of nitrogens with zero attached hydrogens (tertiary/aromatic N) is 2. The zero-order valence-electron chi connectivity index (χ0n) is 7.79. The average Bonchev–Trinajstić information content (AvgIpc) is 2.52. The Bertz CT molecular complexity index is 561. The van der Waals surface area contributed by atoms with Gasteiger partial charge in [0.25, 0.3) is 0 Å². The van der Waals surface area contributed by atoms with Gasteiger partial charge in [0.2, 0.25) is 0 Å². The van der Waals surface area contributed by atoms with Crippen molar-refractivity contribution in [3.05, 3.63) is 38.3 Å². The Balaban J connectivity index is 2.75. The first-order valence-electron chi connectivity index (χ1n) is 4.19. The number of benzene rings is 1. The monoisotopic (exact) mass is 303 g/mol. The topological polar surface area (TPSA) is 33.6 Å². The lowest BCUT2D eigenvalue weighted by molar-refractivity contribution is 0.959. The van der Waals surface area contributed by atoms with Crippen LogP contribution >= 0.6 is 39.7 Å². The molecule has 2 aromatic rings. The highest BCUT2D eigenvalue weighted by atomic mass is 79.9. The molecule has 0 radical (unpaired) electrons. The van der Waals surface area contributed by atoms with E-state index >= 15 is 0 Å². The summed E-state index contributed by atoms with van der Waals surface area (Å²) >= 11 is 14.6. The molecule has 0 saturated heterocycles. The van der Waals surface area contributed by atoms with Gasteiger partial charge in [0.1, 0.15) is 5.82 Å². The van der Waals surface area contributed by atoms with Gasteiger partial charge in [-0.1, -0.05) is 17.7 Å². The number of hydrogen-bond acceptors (Lipinski definition) is 2. The molecule has 1 heterocycles. The maximum Gasteiger partial charge on any atom is 0.199 e. The van der Waals surface area contributed by atoms with Gasteiger partial charge in [0.15, 0.2) is 4.77 Å². The molecular formula is C9H7BrClN3S. The molecule has 0 fully saturated rings. The first-order chi connectivity index (χ1) is 7.11. The van der Waals surface area contributed by atoms with E-state index in [2.05, 4.69) is 26.1 Å².